The molecule has 2 heterocycles. The number of ketones is 4. The molecule has 2 saturated heterocycles. The number of carbonyl (C=O) groups excluding carboxylic acids is 4. The van der Waals surface area contributed by atoms with Gasteiger partial charge < -0.3 is 10.2 Å². The van der Waals surface area contributed by atoms with Crippen LogP contribution in [0.2, 0.25) is 0 Å². The summed E-state index contributed by atoms with van der Waals surface area (Å²) in [7, 11) is 0. The van der Waals surface area contributed by atoms with Gasteiger partial charge in [-0.05, 0) is 0 Å². The van der Waals surface area contributed by atoms with E-state index in [0.29, 0.717) is 0 Å². The van der Waals surface area contributed by atoms with Gasteiger partial charge in [0.1, 0.15) is 0 Å². The highest BCUT2D eigenvalue weighted by Gasteiger charge is 2.37. The van der Waals surface area contributed by atoms with Crippen molar-refractivity contribution in [1.82, 2.24) is 9.80 Å². The van der Waals surface area contributed by atoms with E-state index in [0.717, 1.165) is 0 Å². The summed E-state index contributed by atoms with van der Waals surface area (Å²) >= 11 is 0. The van der Waals surface area contributed by atoms with Crippen molar-refractivity contribution < 1.29 is 39.0 Å². The molecule has 0 bridgehead atoms. The summed E-state index contributed by atoms with van der Waals surface area (Å²) in [6, 6.07) is 0. The van der Waals surface area contributed by atoms with Crippen molar-refractivity contribution in [3.63, 3.8) is 0 Å². The first-order valence-corrected chi connectivity index (χ1v) is 8.16. The lowest BCUT2D eigenvalue weighted by Gasteiger charge is -2.33. The Kier molecular flexibility index (Phi) is 6.32. The third-order valence-electron chi connectivity index (χ3n) is 4.56. The minimum Gasteiger partial charge on any atom is -0.481 e. The van der Waals surface area contributed by atoms with E-state index in [1.54, 1.807) is 9.80 Å². The molecule has 0 spiro atoms. The Morgan fingerprint density at radius 2 is 0.962 bits per heavy atom. The molecule has 2 fully saturated rings. The fourth-order valence-corrected chi connectivity index (χ4v) is 3.20. The maximum absolute atomic E-state index is 11.9. The number of likely N-dealkylation sites (tertiary alicyclic amines) is 2. The SMILES string of the molecule is O=C(O)CC1C(=O)CN(CCN2CC(=O)C(CC(=O)O)C(=O)C2)CC1=O. The molecule has 0 unspecified atom stereocenters. The van der Waals surface area contributed by atoms with Crippen molar-refractivity contribution in [2.24, 2.45) is 11.8 Å². The Bertz CT molecular complexity index is 567. The topological polar surface area (TPSA) is 149 Å². The summed E-state index contributed by atoms with van der Waals surface area (Å²) in [4.78, 5) is 72.3. The van der Waals surface area contributed by atoms with E-state index < -0.39 is 59.7 Å². The average molecular weight is 368 g/mol. The third-order valence-corrected chi connectivity index (χ3v) is 4.56. The monoisotopic (exact) mass is 368 g/mol. The molecule has 2 N–H and O–H groups in total. The van der Waals surface area contributed by atoms with E-state index in [1.165, 1.54) is 0 Å². The van der Waals surface area contributed by atoms with Crippen molar-refractivity contribution in [3.05, 3.63) is 0 Å². The van der Waals surface area contributed by atoms with Crippen LogP contribution in [0.1, 0.15) is 12.8 Å². The molecule has 0 aromatic carbocycles. The molecule has 10 nitrogen and oxygen atoms in total. The Labute approximate surface area is 148 Å². The van der Waals surface area contributed by atoms with Crippen LogP contribution in [-0.4, -0.2) is 94.4 Å². The molecule has 142 valence electrons. The van der Waals surface area contributed by atoms with Crippen LogP contribution in [0.3, 0.4) is 0 Å². The van der Waals surface area contributed by atoms with Gasteiger partial charge in [-0.3, -0.25) is 38.6 Å². The zero-order valence-electron chi connectivity index (χ0n) is 14.0. The number of rotatable bonds is 7. The lowest BCUT2D eigenvalue weighted by Crippen LogP contribution is -2.53. The number of carbonyl (C=O) groups is 6. The lowest BCUT2D eigenvalue weighted by atomic mass is 9.90. The van der Waals surface area contributed by atoms with Crippen LogP contribution < -0.4 is 0 Å². The number of carboxylic acid groups (broad SMARTS) is 2. The van der Waals surface area contributed by atoms with Crippen molar-refractivity contribution in [3.8, 4) is 0 Å². The Morgan fingerprint density at radius 3 is 1.19 bits per heavy atom. The summed E-state index contributed by atoms with van der Waals surface area (Å²) in [5.41, 5.74) is 0. The molecule has 26 heavy (non-hydrogen) atoms. The molecule has 0 aromatic heterocycles. The molecule has 0 aromatic rings. The molecule has 0 saturated carbocycles. The number of carboxylic acids is 2. The van der Waals surface area contributed by atoms with Crippen LogP contribution in [0.5, 0.6) is 0 Å². The summed E-state index contributed by atoms with van der Waals surface area (Å²) in [6.07, 6.45) is -1.02. The number of aliphatic carboxylic acids is 2. The molecule has 0 radical (unpaired) electrons. The van der Waals surface area contributed by atoms with Gasteiger partial charge in [-0.2, -0.15) is 0 Å². The second-order valence-electron chi connectivity index (χ2n) is 6.59. The third kappa shape index (κ3) is 5.02. The Morgan fingerprint density at radius 1 is 0.692 bits per heavy atom. The highest BCUT2D eigenvalue weighted by molar-refractivity contribution is 6.08. The second kappa shape index (κ2) is 8.28. The fourth-order valence-electron chi connectivity index (χ4n) is 3.20. The van der Waals surface area contributed by atoms with Gasteiger partial charge in [-0.1, -0.05) is 0 Å². The molecule has 10 heteroatoms. The van der Waals surface area contributed by atoms with Crippen LogP contribution >= 0.6 is 0 Å². The first-order valence-electron chi connectivity index (χ1n) is 8.16. The second-order valence-corrected chi connectivity index (χ2v) is 6.59. The zero-order chi connectivity index (χ0) is 19.4. The summed E-state index contributed by atoms with van der Waals surface area (Å²) < 4.78 is 0. The van der Waals surface area contributed by atoms with E-state index in [1.807, 2.05) is 0 Å². The number of Topliss-reactive ketones (excluding diaryl/α,β-unsaturated/α-hetero) is 4. The van der Waals surface area contributed by atoms with Crippen molar-refractivity contribution in [2.45, 2.75) is 12.8 Å². The van der Waals surface area contributed by atoms with Gasteiger partial charge in [0.25, 0.3) is 0 Å². The van der Waals surface area contributed by atoms with Gasteiger partial charge in [0, 0.05) is 13.1 Å². The zero-order valence-corrected chi connectivity index (χ0v) is 14.0. The highest BCUT2D eigenvalue weighted by atomic mass is 16.4. The summed E-state index contributed by atoms with van der Waals surface area (Å²) in [5, 5.41) is 17.5. The van der Waals surface area contributed by atoms with Crippen molar-refractivity contribution >= 4 is 35.1 Å². The van der Waals surface area contributed by atoms with Gasteiger partial charge in [0.15, 0.2) is 23.1 Å². The fraction of sp³-hybridized carbons (Fsp3) is 0.625. The van der Waals surface area contributed by atoms with Gasteiger partial charge in [-0.15, -0.1) is 0 Å². The largest absolute Gasteiger partial charge is 0.481 e. The van der Waals surface area contributed by atoms with Gasteiger partial charge >= 0.3 is 11.9 Å². The standard InChI is InChI=1S/C16H20N2O8/c19-11-5-17(6-12(20)9(11)3-15(23)24)1-2-18-7-13(21)10(4-16(25)26)14(22)8-18/h9-10H,1-8H2,(H,23,24)(H,25,26). The smallest absolute Gasteiger partial charge is 0.304 e. The maximum atomic E-state index is 11.9. The average Bonchev–Trinajstić information content (AvgIpc) is 2.52. The Balaban J connectivity index is 1.85. The lowest BCUT2D eigenvalue weighted by molar-refractivity contribution is -0.148. The summed E-state index contributed by atoms with van der Waals surface area (Å²) in [6.45, 7) is 0.313. The van der Waals surface area contributed by atoms with E-state index in [9.17, 15) is 28.8 Å². The van der Waals surface area contributed by atoms with E-state index in [-0.39, 0.29) is 39.3 Å². The number of nitrogens with zero attached hydrogens (tertiary/aromatic N) is 2. The van der Waals surface area contributed by atoms with Crippen LogP contribution in [0.15, 0.2) is 0 Å². The van der Waals surface area contributed by atoms with Crippen LogP contribution in [0.25, 0.3) is 0 Å². The first kappa shape index (κ1) is 19.9. The van der Waals surface area contributed by atoms with Gasteiger partial charge in [-0.25, -0.2) is 0 Å². The van der Waals surface area contributed by atoms with Gasteiger partial charge in [0.05, 0.1) is 50.9 Å². The minimum atomic E-state index is -1.20. The molecule has 0 atom stereocenters. The molecular formula is C16H20N2O8. The molecule has 2 aliphatic heterocycles. The minimum absolute atomic E-state index is 0.0545. The highest BCUT2D eigenvalue weighted by Crippen LogP contribution is 2.17. The quantitative estimate of drug-likeness (QED) is 0.487. The van der Waals surface area contributed by atoms with Crippen LogP contribution in [0, 0.1) is 11.8 Å². The predicted octanol–water partition coefficient (Wildman–Crippen LogP) is -1.92. The van der Waals surface area contributed by atoms with E-state index in [4.69, 9.17) is 10.2 Å². The summed E-state index contributed by atoms with van der Waals surface area (Å²) in [5.74, 6) is -6.42. The maximum Gasteiger partial charge on any atom is 0.304 e. The Hall–Kier alpha value is -2.46. The number of hydrogen-bond donors (Lipinski definition) is 2. The van der Waals surface area contributed by atoms with E-state index in [2.05, 4.69) is 0 Å². The van der Waals surface area contributed by atoms with Crippen LogP contribution in [-0.2, 0) is 28.8 Å². The predicted molar refractivity (Wildman–Crippen MR) is 84.4 cm³/mol. The van der Waals surface area contributed by atoms with Crippen molar-refractivity contribution in [1.29, 1.82) is 0 Å². The number of hydrogen-bond acceptors (Lipinski definition) is 8. The van der Waals surface area contributed by atoms with E-state index >= 15 is 0 Å². The molecule has 0 aliphatic carbocycles. The molecular weight excluding hydrogens is 348 g/mol. The first-order chi connectivity index (χ1) is 12.2. The molecule has 0 amide bonds. The molecule has 2 aliphatic rings. The van der Waals surface area contributed by atoms with Crippen molar-refractivity contribution in [2.75, 3.05) is 39.3 Å². The van der Waals surface area contributed by atoms with Crippen LogP contribution in [0.4, 0.5) is 0 Å². The molecule has 2 rings (SSSR count). The number of piperidine rings is 2. The van der Waals surface area contributed by atoms with Gasteiger partial charge in [0.2, 0.25) is 0 Å². The normalized spacial score (nSPS) is 21.4.